The number of benzene rings is 1. The number of hydrogen-bond acceptors (Lipinski definition) is 6. The Balaban J connectivity index is 2.80. The molecule has 0 radical (unpaired) electrons. The zero-order chi connectivity index (χ0) is 19.1. The minimum atomic E-state index is -2.00. The van der Waals surface area contributed by atoms with Crippen molar-refractivity contribution in [3.8, 4) is 0 Å². The summed E-state index contributed by atoms with van der Waals surface area (Å²) in [5.41, 5.74) is 3.85. The van der Waals surface area contributed by atoms with Crippen LogP contribution in [0.5, 0.6) is 0 Å². The van der Waals surface area contributed by atoms with Crippen LogP contribution in [0.25, 0.3) is 0 Å². The summed E-state index contributed by atoms with van der Waals surface area (Å²) in [5, 5.41) is 11.1. The van der Waals surface area contributed by atoms with E-state index < -0.39 is 35.7 Å². The lowest BCUT2D eigenvalue weighted by molar-refractivity contribution is -0.153. The molecule has 4 N–H and O–H groups in total. The van der Waals surface area contributed by atoms with Crippen LogP contribution in [0.3, 0.4) is 0 Å². The molecule has 8 nitrogen and oxygen atoms in total. The fourth-order valence-electron chi connectivity index (χ4n) is 1.86. The first-order valence-electron chi connectivity index (χ1n) is 7.75. The number of ether oxygens (including phenoxy) is 2. The van der Waals surface area contributed by atoms with Crippen molar-refractivity contribution in [3.05, 3.63) is 35.9 Å². The van der Waals surface area contributed by atoms with Gasteiger partial charge in [-0.1, -0.05) is 30.3 Å². The van der Waals surface area contributed by atoms with Crippen molar-refractivity contribution in [3.63, 3.8) is 0 Å². The van der Waals surface area contributed by atoms with Gasteiger partial charge in [-0.05, 0) is 26.3 Å². The number of nitrogens with two attached hydrogens (primary N) is 1. The Hall–Kier alpha value is -2.61. The van der Waals surface area contributed by atoms with Crippen molar-refractivity contribution >= 4 is 18.0 Å². The molecule has 0 aliphatic carbocycles. The highest BCUT2D eigenvalue weighted by atomic mass is 16.6. The maximum Gasteiger partial charge on any atom is 0.409 e. The van der Waals surface area contributed by atoms with Crippen LogP contribution in [-0.2, 0) is 25.7 Å². The van der Waals surface area contributed by atoms with Crippen LogP contribution >= 0.6 is 0 Å². The highest BCUT2D eigenvalue weighted by Gasteiger charge is 2.39. The van der Waals surface area contributed by atoms with E-state index in [0.717, 1.165) is 5.56 Å². The van der Waals surface area contributed by atoms with Gasteiger partial charge in [0.2, 0.25) is 0 Å². The van der Waals surface area contributed by atoms with Gasteiger partial charge in [-0.2, -0.15) is 0 Å². The SMILES string of the molecule is CC(C)(C)OC(=O)N[C@@](N)(CCC(=O)O)C(=O)OCc1ccccc1. The molecule has 0 spiro atoms. The molecule has 0 fully saturated rings. The Morgan fingerprint density at radius 2 is 1.76 bits per heavy atom. The summed E-state index contributed by atoms with van der Waals surface area (Å²) in [6.45, 7) is 4.89. The Labute approximate surface area is 146 Å². The van der Waals surface area contributed by atoms with E-state index >= 15 is 0 Å². The molecule has 0 aromatic heterocycles. The van der Waals surface area contributed by atoms with Gasteiger partial charge in [-0.15, -0.1) is 0 Å². The first-order chi connectivity index (χ1) is 11.5. The van der Waals surface area contributed by atoms with E-state index in [-0.39, 0.29) is 13.0 Å². The molecule has 138 valence electrons. The zero-order valence-corrected chi connectivity index (χ0v) is 14.6. The van der Waals surface area contributed by atoms with E-state index in [2.05, 4.69) is 5.32 Å². The highest BCUT2D eigenvalue weighted by Crippen LogP contribution is 2.14. The second-order valence-corrected chi connectivity index (χ2v) is 6.55. The smallest absolute Gasteiger partial charge is 0.409 e. The number of rotatable bonds is 7. The van der Waals surface area contributed by atoms with Crippen LogP contribution in [0.1, 0.15) is 39.2 Å². The predicted molar refractivity (Wildman–Crippen MR) is 89.4 cm³/mol. The van der Waals surface area contributed by atoms with Crippen molar-refractivity contribution in [2.45, 2.75) is 51.5 Å². The summed E-state index contributed by atoms with van der Waals surface area (Å²) >= 11 is 0. The molecule has 0 heterocycles. The van der Waals surface area contributed by atoms with E-state index in [0.29, 0.717) is 0 Å². The summed E-state index contributed by atoms with van der Waals surface area (Å²) < 4.78 is 10.2. The normalized spacial score (nSPS) is 13.4. The molecule has 0 saturated carbocycles. The summed E-state index contributed by atoms with van der Waals surface area (Å²) in [5.74, 6) is -2.10. The lowest BCUT2D eigenvalue weighted by atomic mass is 10.1. The lowest BCUT2D eigenvalue weighted by Gasteiger charge is -2.29. The number of carboxylic acid groups (broad SMARTS) is 1. The van der Waals surface area contributed by atoms with Crippen LogP contribution in [-0.4, -0.2) is 34.4 Å². The third kappa shape index (κ3) is 7.67. The van der Waals surface area contributed by atoms with Gasteiger partial charge in [0, 0.05) is 12.8 Å². The number of alkyl carbamates (subject to hydrolysis) is 1. The Morgan fingerprint density at radius 1 is 1.16 bits per heavy atom. The predicted octanol–water partition coefficient (Wildman–Crippen LogP) is 1.77. The topological polar surface area (TPSA) is 128 Å². The van der Waals surface area contributed by atoms with Gasteiger partial charge in [-0.25, -0.2) is 9.59 Å². The quantitative estimate of drug-likeness (QED) is 0.504. The molecule has 1 aromatic rings. The largest absolute Gasteiger partial charge is 0.481 e. The van der Waals surface area contributed by atoms with Gasteiger partial charge in [0.25, 0.3) is 0 Å². The fraction of sp³-hybridized carbons (Fsp3) is 0.471. The molecule has 0 aliphatic heterocycles. The van der Waals surface area contributed by atoms with Gasteiger partial charge in [0.05, 0.1) is 0 Å². The van der Waals surface area contributed by atoms with Crippen molar-refractivity contribution in [1.82, 2.24) is 5.32 Å². The molecule has 1 atom stereocenters. The Bertz CT molecular complexity index is 611. The molecule has 0 unspecified atom stereocenters. The average Bonchev–Trinajstić information content (AvgIpc) is 2.49. The summed E-state index contributed by atoms with van der Waals surface area (Å²) in [4.78, 5) is 35.1. The molecule has 8 heteroatoms. The second kappa shape index (κ2) is 8.48. The van der Waals surface area contributed by atoms with Crippen LogP contribution in [0.15, 0.2) is 30.3 Å². The van der Waals surface area contributed by atoms with E-state index in [1.807, 2.05) is 6.07 Å². The number of hydrogen-bond donors (Lipinski definition) is 3. The number of nitrogens with one attached hydrogen (secondary N) is 1. The Kier molecular flexibility index (Phi) is 6.93. The van der Waals surface area contributed by atoms with Crippen LogP contribution in [0, 0.1) is 0 Å². The van der Waals surface area contributed by atoms with Crippen LogP contribution < -0.4 is 11.1 Å². The van der Waals surface area contributed by atoms with E-state index in [1.165, 1.54) is 0 Å². The van der Waals surface area contributed by atoms with Crippen molar-refractivity contribution in [2.75, 3.05) is 0 Å². The first-order valence-corrected chi connectivity index (χ1v) is 7.75. The molecule has 1 amide bonds. The fourth-order valence-corrected chi connectivity index (χ4v) is 1.86. The minimum absolute atomic E-state index is 0.0539. The number of carbonyl (C=O) groups excluding carboxylic acids is 2. The molecule has 25 heavy (non-hydrogen) atoms. The van der Waals surface area contributed by atoms with Gasteiger partial charge in [-0.3, -0.25) is 15.8 Å². The van der Waals surface area contributed by atoms with E-state index in [4.69, 9.17) is 20.3 Å². The number of carboxylic acids is 1. The second-order valence-electron chi connectivity index (χ2n) is 6.55. The minimum Gasteiger partial charge on any atom is -0.481 e. The number of carbonyl (C=O) groups is 3. The molecule has 0 saturated heterocycles. The molecule has 0 bridgehead atoms. The summed E-state index contributed by atoms with van der Waals surface area (Å²) in [7, 11) is 0. The highest BCUT2D eigenvalue weighted by molar-refractivity contribution is 5.85. The van der Waals surface area contributed by atoms with Gasteiger partial charge < -0.3 is 14.6 Å². The molecule has 0 aliphatic rings. The van der Waals surface area contributed by atoms with Crippen LogP contribution in [0.2, 0.25) is 0 Å². The lowest BCUT2D eigenvalue weighted by Crippen LogP contribution is -2.62. The van der Waals surface area contributed by atoms with Gasteiger partial charge >= 0.3 is 18.0 Å². The maximum atomic E-state index is 12.3. The third-order valence-corrected chi connectivity index (χ3v) is 3.03. The Morgan fingerprint density at radius 3 is 2.28 bits per heavy atom. The van der Waals surface area contributed by atoms with Crippen molar-refractivity contribution in [2.24, 2.45) is 5.73 Å². The molecule has 1 aromatic carbocycles. The van der Waals surface area contributed by atoms with E-state index in [9.17, 15) is 14.4 Å². The van der Waals surface area contributed by atoms with E-state index in [1.54, 1.807) is 45.0 Å². The third-order valence-electron chi connectivity index (χ3n) is 3.03. The van der Waals surface area contributed by atoms with Gasteiger partial charge in [0.15, 0.2) is 5.66 Å². The summed E-state index contributed by atoms with van der Waals surface area (Å²) in [6.07, 6.45) is -1.70. The zero-order valence-electron chi connectivity index (χ0n) is 14.6. The molecular formula is C17H24N2O6. The monoisotopic (exact) mass is 352 g/mol. The number of aliphatic carboxylic acids is 1. The number of amides is 1. The summed E-state index contributed by atoms with van der Waals surface area (Å²) in [6, 6.07) is 8.88. The maximum absolute atomic E-state index is 12.3. The molecule has 1 rings (SSSR count). The van der Waals surface area contributed by atoms with Crippen molar-refractivity contribution < 1.29 is 29.0 Å². The average molecular weight is 352 g/mol. The number of esters is 1. The first kappa shape index (κ1) is 20.4. The van der Waals surface area contributed by atoms with Crippen LogP contribution in [0.4, 0.5) is 4.79 Å². The standard InChI is InChI=1S/C17H24N2O6/c1-16(2,3)25-15(23)19-17(18,10-9-13(20)21)14(22)24-11-12-7-5-4-6-8-12/h4-8H,9-11,18H2,1-3H3,(H,19,23)(H,20,21)/t17-/m0/s1. The van der Waals surface area contributed by atoms with Gasteiger partial charge in [0.1, 0.15) is 12.2 Å². The van der Waals surface area contributed by atoms with Crippen molar-refractivity contribution in [1.29, 1.82) is 0 Å². The molecular weight excluding hydrogens is 328 g/mol.